The van der Waals surface area contributed by atoms with E-state index < -0.39 is 11.8 Å². The summed E-state index contributed by atoms with van der Waals surface area (Å²) in [5.74, 6) is -0.974. The minimum absolute atomic E-state index is 0.135. The fourth-order valence-corrected chi connectivity index (χ4v) is 0.871. The highest BCUT2D eigenvalue weighted by atomic mass is 31.1. The van der Waals surface area contributed by atoms with E-state index >= 15 is 0 Å². The van der Waals surface area contributed by atoms with Crippen molar-refractivity contribution in [3.05, 3.63) is 0 Å². The molecule has 0 aromatic carbocycles. The van der Waals surface area contributed by atoms with Crippen LogP contribution in [0.15, 0.2) is 0 Å². The lowest BCUT2D eigenvalue weighted by molar-refractivity contribution is -0.139. The van der Waals surface area contributed by atoms with E-state index in [4.69, 9.17) is 5.73 Å². The van der Waals surface area contributed by atoms with E-state index in [2.05, 4.69) is 15.4 Å². The fourth-order valence-electron chi connectivity index (χ4n) is 0.336. The number of hydrogen-bond donors (Lipinski definition) is 3. The van der Waals surface area contributed by atoms with E-state index in [1.807, 2.05) is 0 Å². The van der Waals surface area contributed by atoms with Crippen molar-refractivity contribution in [3.8, 4) is 0 Å². The molecule has 2 atom stereocenters. The van der Waals surface area contributed by atoms with Gasteiger partial charge < -0.3 is 10.5 Å². The SMILES string of the molecule is CNNPC(N)C(=O)OC. The molecule has 0 aliphatic heterocycles. The predicted octanol–water partition coefficient (Wildman–Crippen LogP) is -1.24. The Morgan fingerprint density at radius 2 is 2.40 bits per heavy atom. The van der Waals surface area contributed by atoms with Crippen LogP contribution >= 0.6 is 8.73 Å². The highest BCUT2D eigenvalue weighted by Crippen LogP contribution is 2.07. The molecule has 60 valence electrons. The van der Waals surface area contributed by atoms with Crippen LogP contribution in [-0.4, -0.2) is 25.9 Å². The smallest absolute Gasteiger partial charge is 0.328 e. The molecule has 2 unspecified atom stereocenters. The summed E-state index contributed by atoms with van der Waals surface area (Å²) in [4.78, 5) is 10.6. The largest absolute Gasteiger partial charge is 0.468 e. The van der Waals surface area contributed by atoms with Crippen LogP contribution in [0.25, 0.3) is 0 Å². The van der Waals surface area contributed by atoms with Gasteiger partial charge >= 0.3 is 5.97 Å². The van der Waals surface area contributed by atoms with Crippen molar-refractivity contribution >= 4 is 14.7 Å². The predicted molar refractivity (Wildman–Crippen MR) is 40.5 cm³/mol. The molecular formula is C4H12N3O2P. The maximum absolute atomic E-state index is 10.6. The summed E-state index contributed by atoms with van der Waals surface area (Å²) in [6.45, 7) is 0. The lowest BCUT2D eigenvalue weighted by Crippen LogP contribution is -2.32. The molecule has 0 heterocycles. The Labute approximate surface area is 61.5 Å². The molecule has 6 heteroatoms. The number of ether oxygens (including phenoxy) is 1. The van der Waals surface area contributed by atoms with Crippen molar-refractivity contribution in [1.82, 2.24) is 10.6 Å². The average Bonchev–Trinajstić information content (AvgIpc) is 1.98. The fraction of sp³-hybridized carbons (Fsp3) is 0.750. The van der Waals surface area contributed by atoms with E-state index in [0.717, 1.165) is 0 Å². The van der Waals surface area contributed by atoms with Crippen molar-refractivity contribution in [2.45, 2.75) is 5.78 Å². The van der Waals surface area contributed by atoms with Crippen LogP contribution in [0.3, 0.4) is 0 Å². The minimum Gasteiger partial charge on any atom is -0.468 e. The van der Waals surface area contributed by atoms with Gasteiger partial charge in [0.15, 0.2) is 0 Å². The molecule has 0 rings (SSSR count). The number of hydrogen-bond acceptors (Lipinski definition) is 5. The van der Waals surface area contributed by atoms with Gasteiger partial charge in [-0.25, -0.2) is 9.99 Å². The Bertz CT molecular complexity index is 111. The van der Waals surface area contributed by atoms with Crippen LogP contribution in [0, 0.1) is 0 Å². The maximum atomic E-state index is 10.6. The van der Waals surface area contributed by atoms with Gasteiger partial charge in [0.05, 0.1) is 7.11 Å². The molecule has 0 spiro atoms. The highest BCUT2D eigenvalue weighted by molar-refractivity contribution is 7.37. The Balaban J connectivity index is 3.41. The van der Waals surface area contributed by atoms with Crippen LogP contribution < -0.4 is 16.4 Å². The zero-order valence-electron chi connectivity index (χ0n) is 5.97. The number of carbonyl (C=O) groups is 1. The summed E-state index contributed by atoms with van der Waals surface area (Å²) >= 11 is 0. The molecule has 0 fully saturated rings. The molecule has 5 nitrogen and oxygen atoms in total. The van der Waals surface area contributed by atoms with Gasteiger partial charge in [-0.1, -0.05) is 0 Å². The Morgan fingerprint density at radius 1 is 1.80 bits per heavy atom. The van der Waals surface area contributed by atoms with Crippen molar-refractivity contribution in [2.24, 2.45) is 5.73 Å². The number of rotatable bonds is 4. The topological polar surface area (TPSA) is 76.4 Å². The summed E-state index contributed by atoms with van der Waals surface area (Å²) in [6.07, 6.45) is 0. The first kappa shape index (κ1) is 9.78. The Kier molecular flexibility index (Phi) is 5.43. The maximum Gasteiger partial charge on any atom is 0.328 e. The Morgan fingerprint density at radius 3 is 2.80 bits per heavy atom. The van der Waals surface area contributed by atoms with Gasteiger partial charge in [0.25, 0.3) is 0 Å². The van der Waals surface area contributed by atoms with E-state index in [-0.39, 0.29) is 8.73 Å². The van der Waals surface area contributed by atoms with E-state index in [9.17, 15) is 4.79 Å². The van der Waals surface area contributed by atoms with E-state index in [0.29, 0.717) is 0 Å². The van der Waals surface area contributed by atoms with E-state index in [1.165, 1.54) is 7.11 Å². The van der Waals surface area contributed by atoms with Crippen molar-refractivity contribution in [2.75, 3.05) is 14.2 Å². The number of nitrogens with two attached hydrogens (primary N) is 1. The molecule has 0 saturated heterocycles. The number of carbonyl (C=O) groups excluding carboxylic acids is 1. The number of hydrazine groups is 1. The molecule has 0 aliphatic carbocycles. The second-order valence-corrected chi connectivity index (χ2v) is 2.68. The molecule has 10 heavy (non-hydrogen) atoms. The molecule has 0 radical (unpaired) electrons. The summed E-state index contributed by atoms with van der Waals surface area (Å²) < 4.78 is 4.38. The van der Waals surface area contributed by atoms with Crippen LogP contribution in [0.4, 0.5) is 0 Å². The first-order chi connectivity index (χ1) is 4.72. The number of nitrogens with one attached hydrogen (secondary N) is 2. The first-order valence-electron chi connectivity index (χ1n) is 2.73. The minimum atomic E-state index is -0.572. The molecular weight excluding hydrogens is 153 g/mol. The molecule has 0 aliphatic rings. The molecule has 0 bridgehead atoms. The molecule has 0 aromatic heterocycles. The van der Waals surface area contributed by atoms with Gasteiger partial charge in [-0.2, -0.15) is 0 Å². The van der Waals surface area contributed by atoms with Crippen LogP contribution in [-0.2, 0) is 9.53 Å². The summed E-state index contributed by atoms with van der Waals surface area (Å²) in [5, 5.41) is 2.72. The van der Waals surface area contributed by atoms with E-state index in [1.54, 1.807) is 7.05 Å². The van der Waals surface area contributed by atoms with Gasteiger partial charge in [0.1, 0.15) is 5.78 Å². The highest BCUT2D eigenvalue weighted by Gasteiger charge is 2.11. The summed E-state index contributed by atoms with van der Waals surface area (Å²) in [7, 11) is 3.15. The van der Waals surface area contributed by atoms with Gasteiger partial charge in [0, 0.05) is 0 Å². The van der Waals surface area contributed by atoms with Crippen molar-refractivity contribution in [1.29, 1.82) is 0 Å². The summed E-state index contributed by atoms with van der Waals surface area (Å²) in [5.41, 5.74) is 8.00. The number of esters is 1. The molecule has 0 amide bonds. The zero-order chi connectivity index (χ0) is 7.98. The monoisotopic (exact) mass is 165 g/mol. The van der Waals surface area contributed by atoms with Gasteiger partial charge in [-0.3, -0.25) is 5.43 Å². The van der Waals surface area contributed by atoms with Crippen LogP contribution in [0.1, 0.15) is 0 Å². The third-order valence-corrected chi connectivity index (χ3v) is 1.75. The van der Waals surface area contributed by atoms with Crippen LogP contribution in [0.2, 0.25) is 0 Å². The standard InChI is InChI=1S/C4H12N3O2P/c1-6-7-10-3(5)4(8)9-2/h3,6-7,10H,5H2,1-2H3. The van der Waals surface area contributed by atoms with Gasteiger partial charge in [-0.05, 0) is 15.8 Å². The first-order valence-corrected chi connectivity index (χ1v) is 3.80. The van der Waals surface area contributed by atoms with Crippen LogP contribution in [0.5, 0.6) is 0 Å². The average molecular weight is 165 g/mol. The van der Waals surface area contributed by atoms with Crippen molar-refractivity contribution < 1.29 is 9.53 Å². The molecule has 0 aromatic rings. The molecule has 0 saturated carbocycles. The molecule has 4 N–H and O–H groups in total. The second-order valence-electron chi connectivity index (χ2n) is 1.52. The zero-order valence-corrected chi connectivity index (χ0v) is 6.97. The summed E-state index contributed by atoms with van der Waals surface area (Å²) in [6, 6.07) is 0. The lowest BCUT2D eigenvalue weighted by atomic mass is 10.7. The lowest BCUT2D eigenvalue weighted by Gasteiger charge is -2.08. The normalized spacial score (nSPS) is 13.9. The number of methoxy groups -OCH3 is 1. The third kappa shape index (κ3) is 3.74. The Hall–Kier alpha value is -0.220. The van der Waals surface area contributed by atoms with Gasteiger partial charge in [-0.15, -0.1) is 0 Å². The van der Waals surface area contributed by atoms with Crippen molar-refractivity contribution in [3.63, 3.8) is 0 Å². The quantitative estimate of drug-likeness (QED) is 0.276. The van der Waals surface area contributed by atoms with Gasteiger partial charge in [0.2, 0.25) is 0 Å². The second kappa shape index (κ2) is 5.56. The third-order valence-electron chi connectivity index (χ3n) is 0.808.